The lowest BCUT2D eigenvalue weighted by molar-refractivity contribution is -0.199. The van der Waals surface area contributed by atoms with Crippen LogP contribution in [0.4, 0.5) is 5.69 Å². The average molecular weight is 355 g/mol. The molecule has 1 aromatic heterocycles. The van der Waals surface area contributed by atoms with Crippen molar-refractivity contribution in [2.75, 3.05) is 11.5 Å². The van der Waals surface area contributed by atoms with Gasteiger partial charge in [-0.1, -0.05) is 23.6 Å². The highest BCUT2D eigenvalue weighted by molar-refractivity contribution is 6.35. The molecule has 0 saturated heterocycles. The molecule has 25 heavy (non-hydrogen) atoms. The zero-order valence-electron chi connectivity index (χ0n) is 13.1. The zero-order valence-corrected chi connectivity index (χ0v) is 13.8. The van der Waals surface area contributed by atoms with Gasteiger partial charge in [-0.2, -0.15) is 0 Å². The van der Waals surface area contributed by atoms with Crippen LogP contribution in [-0.2, 0) is 15.4 Å². The van der Waals surface area contributed by atoms with Gasteiger partial charge < -0.3 is 9.47 Å². The number of rotatable bonds is 2. The smallest absolute Gasteiger partial charge is 0.345 e. The van der Waals surface area contributed by atoms with Crippen molar-refractivity contribution in [2.45, 2.75) is 12.8 Å². The number of carbonyl (C=O) groups is 2. The van der Waals surface area contributed by atoms with E-state index in [1.54, 1.807) is 37.3 Å². The van der Waals surface area contributed by atoms with Gasteiger partial charge in [-0.3, -0.25) is 4.79 Å². The molecule has 0 N–H and O–H groups in total. The monoisotopic (exact) mass is 354 g/mol. The molecular weight excluding hydrogens is 344 g/mol. The average Bonchev–Trinajstić information content (AvgIpc) is 2.82. The first kappa shape index (κ1) is 15.6. The van der Waals surface area contributed by atoms with Gasteiger partial charge >= 0.3 is 11.9 Å². The number of fused-ring (bicyclic) bond motifs is 5. The van der Waals surface area contributed by atoms with E-state index in [0.29, 0.717) is 16.9 Å². The molecule has 2 aliphatic rings. The molecule has 2 aliphatic heterocycles. The zero-order chi connectivity index (χ0) is 17.8. The van der Waals surface area contributed by atoms with E-state index in [-0.39, 0.29) is 22.9 Å². The van der Waals surface area contributed by atoms with E-state index in [9.17, 15) is 9.59 Å². The Labute approximate surface area is 148 Å². The number of hydrogen-bond donors (Lipinski definition) is 0. The summed E-state index contributed by atoms with van der Waals surface area (Å²) in [7, 11) is 0. The van der Waals surface area contributed by atoms with Gasteiger partial charge in [0.05, 0.1) is 16.3 Å². The summed E-state index contributed by atoms with van der Waals surface area (Å²) in [6.45, 7) is 1.59. The molecular formula is C18H11ClN2O4. The van der Waals surface area contributed by atoms with Crippen molar-refractivity contribution in [2.24, 2.45) is 0 Å². The predicted molar refractivity (Wildman–Crippen MR) is 89.1 cm³/mol. The van der Waals surface area contributed by atoms with E-state index < -0.39 is 17.8 Å². The number of terminal acetylenes is 1. The fraction of sp³-hybridized carbons (Fsp3) is 0.167. The molecule has 4 rings (SSSR count). The normalized spacial score (nSPS) is 20.4. The Morgan fingerprint density at radius 2 is 2.16 bits per heavy atom. The van der Waals surface area contributed by atoms with Gasteiger partial charge in [-0.05, 0) is 31.2 Å². The fourth-order valence-corrected chi connectivity index (χ4v) is 3.34. The molecule has 2 aromatic rings. The number of carbonyl (C=O) groups excluding carboxylic acids is 2. The molecule has 124 valence electrons. The van der Waals surface area contributed by atoms with Gasteiger partial charge in [0.2, 0.25) is 0 Å². The van der Waals surface area contributed by atoms with Crippen LogP contribution in [-0.4, -0.2) is 23.5 Å². The van der Waals surface area contributed by atoms with Crippen molar-refractivity contribution in [3.8, 4) is 12.3 Å². The number of aromatic nitrogens is 1. The number of halogens is 1. The standard InChI is InChI=1S/C18H11ClN2O4/c1-3-9-24-18-11-8-7-10(2)20-15(11)16(22)21(18)13-6-4-5-12(19)14(13)17(23)25-18/h1,4-8H,9H2,2H3. The number of benzene rings is 1. The van der Waals surface area contributed by atoms with E-state index in [1.807, 2.05) is 0 Å². The Hall–Kier alpha value is -2.88. The Balaban J connectivity index is 2.02. The second kappa shape index (κ2) is 5.31. The van der Waals surface area contributed by atoms with Crippen molar-refractivity contribution in [1.29, 1.82) is 0 Å². The quantitative estimate of drug-likeness (QED) is 0.612. The maximum Gasteiger partial charge on any atom is 0.345 e. The number of anilines is 1. The van der Waals surface area contributed by atoms with Crippen LogP contribution in [0.3, 0.4) is 0 Å². The lowest BCUT2D eigenvalue weighted by Crippen LogP contribution is -2.53. The number of nitrogens with zero attached hydrogens (tertiary/aromatic N) is 2. The van der Waals surface area contributed by atoms with Crippen molar-refractivity contribution >= 4 is 29.2 Å². The van der Waals surface area contributed by atoms with E-state index in [1.165, 1.54) is 4.90 Å². The van der Waals surface area contributed by atoms with Crippen LogP contribution < -0.4 is 4.90 Å². The molecule has 0 spiro atoms. The van der Waals surface area contributed by atoms with Crippen LogP contribution in [0.2, 0.25) is 5.02 Å². The van der Waals surface area contributed by atoms with E-state index in [4.69, 9.17) is 27.5 Å². The minimum atomic E-state index is -1.78. The number of amides is 1. The van der Waals surface area contributed by atoms with Crippen molar-refractivity contribution in [3.05, 3.63) is 57.9 Å². The summed E-state index contributed by atoms with van der Waals surface area (Å²) in [6, 6.07) is 8.15. The number of hydrogen-bond acceptors (Lipinski definition) is 5. The molecule has 0 aliphatic carbocycles. The molecule has 7 heteroatoms. The summed E-state index contributed by atoms with van der Waals surface area (Å²) in [5.74, 6) is -0.603. The minimum absolute atomic E-state index is 0.0991. The molecule has 0 bridgehead atoms. The van der Waals surface area contributed by atoms with Gasteiger partial charge in [0.25, 0.3) is 5.91 Å². The predicted octanol–water partition coefficient (Wildman–Crippen LogP) is 2.63. The maximum atomic E-state index is 13.0. The molecule has 1 amide bonds. The Kier molecular flexibility index (Phi) is 3.32. The van der Waals surface area contributed by atoms with Crippen molar-refractivity contribution < 1.29 is 19.1 Å². The number of aryl methyl sites for hydroxylation is 1. The number of esters is 1. The maximum absolute atomic E-state index is 13.0. The Morgan fingerprint density at radius 3 is 2.92 bits per heavy atom. The highest BCUT2D eigenvalue weighted by Gasteiger charge is 2.60. The van der Waals surface area contributed by atoms with Gasteiger partial charge in [0.1, 0.15) is 17.9 Å². The van der Waals surface area contributed by atoms with E-state index in [0.717, 1.165) is 0 Å². The first-order chi connectivity index (χ1) is 12.0. The fourth-order valence-electron chi connectivity index (χ4n) is 3.09. The SMILES string of the molecule is C#CCOC12OC(=O)c3c(Cl)cccc3N1C(=O)c1nc(C)ccc12. The van der Waals surface area contributed by atoms with E-state index >= 15 is 0 Å². The third-order valence-electron chi connectivity index (χ3n) is 4.09. The third kappa shape index (κ3) is 2.00. The summed E-state index contributed by atoms with van der Waals surface area (Å²) in [5.41, 5.74) is 1.52. The largest absolute Gasteiger partial charge is 0.405 e. The van der Waals surface area contributed by atoms with Crippen LogP contribution in [0.15, 0.2) is 30.3 Å². The molecule has 0 fully saturated rings. The van der Waals surface area contributed by atoms with Gasteiger partial charge in [-0.15, -0.1) is 6.42 Å². The molecule has 6 nitrogen and oxygen atoms in total. The van der Waals surface area contributed by atoms with Crippen LogP contribution in [0.5, 0.6) is 0 Å². The lowest BCUT2D eigenvalue weighted by Gasteiger charge is -2.40. The molecule has 0 saturated carbocycles. The summed E-state index contributed by atoms with van der Waals surface area (Å²) in [5, 5.41) is 0.181. The van der Waals surface area contributed by atoms with Crippen LogP contribution in [0.1, 0.15) is 32.1 Å². The summed E-state index contributed by atoms with van der Waals surface area (Å²) in [6.07, 6.45) is 5.30. The van der Waals surface area contributed by atoms with Crippen LogP contribution in [0, 0.1) is 19.3 Å². The summed E-state index contributed by atoms with van der Waals surface area (Å²) >= 11 is 6.13. The summed E-state index contributed by atoms with van der Waals surface area (Å²) in [4.78, 5) is 31.2. The second-order valence-electron chi connectivity index (χ2n) is 5.59. The van der Waals surface area contributed by atoms with E-state index in [2.05, 4.69) is 10.9 Å². The molecule has 3 heterocycles. The first-order valence-corrected chi connectivity index (χ1v) is 7.79. The highest BCUT2D eigenvalue weighted by Crippen LogP contribution is 2.49. The summed E-state index contributed by atoms with van der Waals surface area (Å²) < 4.78 is 11.3. The second-order valence-corrected chi connectivity index (χ2v) is 5.99. The van der Waals surface area contributed by atoms with Gasteiger partial charge in [-0.25, -0.2) is 14.7 Å². The number of ether oxygens (including phenoxy) is 2. The van der Waals surface area contributed by atoms with Gasteiger partial charge in [0.15, 0.2) is 0 Å². The van der Waals surface area contributed by atoms with Crippen molar-refractivity contribution in [3.63, 3.8) is 0 Å². The van der Waals surface area contributed by atoms with Crippen LogP contribution in [0.25, 0.3) is 0 Å². The lowest BCUT2D eigenvalue weighted by atomic mass is 10.1. The highest BCUT2D eigenvalue weighted by atomic mass is 35.5. The Morgan fingerprint density at radius 1 is 1.36 bits per heavy atom. The molecule has 1 unspecified atom stereocenters. The minimum Gasteiger partial charge on any atom is -0.405 e. The van der Waals surface area contributed by atoms with Crippen LogP contribution >= 0.6 is 11.6 Å². The Bertz CT molecular complexity index is 982. The topological polar surface area (TPSA) is 68.7 Å². The third-order valence-corrected chi connectivity index (χ3v) is 4.41. The molecule has 1 aromatic carbocycles. The van der Waals surface area contributed by atoms with Crippen molar-refractivity contribution in [1.82, 2.24) is 4.98 Å². The molecule has 0 radical (unpaired) electrons. The first-order valence-electron chi connectivity index (χ1n) is 7.41. The van der Waals surface area contributed by atoms with Gasteiger partial charge in [0, 0.05) is 5.69 Å². The molecule has 1 atom stereocenters. The number of pyridine rings is 1.